The number of amides is 1. The Bertz CT molecular complexity index is 344. The van der Waals surface area contributed by atoms with Crippen molar-refractivity contribution >= 4 is 5.91 Å². The molecule has 16 heavy (non-hydrogen) atoms. The Kier molecular flexibility index (Phi) is 5.45. The summed E-state index contributed by atoms with van der Waals surface area (Å²) in [5.41, 5.74) is 0.280. The standard InChI is InChI=1S/C11H14FNO3/c12-10-3-1-2-9(8-10)11(15)13-4-6-16-7-5-14/h1-3,8,14H,4-7H2,(H,13,15). The van der Waals surface area contributed by atoms with Gasteiger partial charge in [0.15, 0.2) is 0 Å². The fourth-order valence-electron chi connectivity index (χ4n) is 1.14. The van der Waals surface area contributed by atoms with Crippen LogP contribution in [0.25, 0.3) is 0 Å². The number of hydrogen-bond acceptors (Lipinski definition) is 3. The highest BCUT2D eigenvalue weighted by atomic mass is 19.1. The van der Waals surface area contributed by atoms with E-state index in [0.29, 0.717) is 13.2 Å². The van der Waals surface area contributed by atoms with Gasteiger partial charge in [-0.3, -0.25) is 4.79 Å². The summed E-state index contributed by atoms with van der Waals surface area (Å²) in [7, 11) is 0. The Balaban J connectivity index is 2.30. The van der Waals surface area contributed by atoms with Crippen molar-refractivity contribution in [1.29, 1.82) is 0 Å². The van der Waals surface area contributed by atoms with Crippen molar-refractivity contribution in [2.75, 3.05) is 26.4 Å². The fraction of sp³-hybridized carbons (Fsp3) is 0.364. The van der Waals surface area contributed by atoms with Crippen molar-refractivity contribution in [3.8, 4) is 0 Å². The van der Waals surface area contributed by atoms with Gasteiger partial charge in [0.1, 0.15) is 5.82 Å². The Morgan fingerprint density at radius 3 is 2.94 bits per heavy atom. The lowest BCUT2D eigenvalue weighted by Gasteiger charge is -2.05. The molecule has 1 amide bonds. The van der Waals surface area contributed by atoms with E-state index in [0.717, 1.165) is 0 Å². The third-order valence-electron chi connectivity index (χ3n) is 1.85. The topological polar surface area (TPSA) is 58.6 Å². The molecule has 0 bridgehead atoms. The molecule has 1 aromatic rings. The van der Waals surface area contributed by atoms with E-state index in [2.05, 4.69) is 5.32 Å². The first kappa shape index (κ1) is 12.6. The predicted molar refractivity (Wildman–Crippen MR) is 56.6 cm³/mol. The Hall–Kier alpha value is -1.46. The van der Waals surface area contributed by atoms with Gasteiger partial charge in [0.05, 0.1) is 19.8 Å². The SMILES string of the molecule is O=C(NCCOCCO)c1cccc(F)c1. The van der Waals surface area contributed by atoms with E-state index in [1.165, 1.54) is 24.3 Å². The highest BCUT2D eigenvalue weighted by Crippen LogP contribution is 2.02. The second kappa shape index (κ2) is 6.92. The second-order valence-electron chi connectivity index (χ2n) is 3.10. The molecule has 0 heterocycles. The summed E-state index contributed by atoms with van der Waals surface area (Å²) in [6.07, 6.45) is 0. The van der Waals surface area contributed by atoms with E-state index in [4.69, 9.17) is 9.84 Å². The summed E-state index contributed by atoms with van der Waals surface area (Å²) < 4.78 is 17.7. The lowest BCUT2D eigenvalue weighted by molar-refractivity contribution is 0.0838. The zero-order chi connectivity index (χ0) is 11.8. The van der Waals surface area contributed by atoms with Crippen LogP contribution in [0.1, 0.15) is 10.4 Å². The molecule has 0 saturated heterocycles. The molecule has 1 aromatic carbocycles. The van der Waals surface area contributed by atoms with Crippen molar-refractivity contribution in [3.05, 3.63) is 35.6 Å². The van der Waals surface area contributed by atoms with Crippen LogP contribution in [0.4, 0.5) is 4.39 Å². The van der Waals surface area contributed by atoms with E-state index in [-0.39, 0.29) is 24.7 Å². The maximum atomic E-state index is 12.8. The first-order chi connectivity index (χ1) is 7.74. The summed E-state index contributed by atoms with van der Waals surface area (Å²) >= 11 is 0. The fourth-order valence-corrected chi connectivity index (χ4v) is 1.14. The normalized spacial score (nSPS) is 10.1. The number of halogens is 1. The van der Waals surface area contributed by atoms with Crippen LogP contribution in [0.3, 0.4) is 0 Å². The van der Waals surface area contributed by atoms with Gasteiger partial charge in [0.2, 0.25) is 0 Å². The summed E-state index contributed by atoms with van der Waals surface area (Å²) in [5.74, 6) is -0.781. The first-order valence-corrected chi connectivity index (χ1v) is 4.96. The van der Waals surface area contributed by atoms with Gasteiger partial charge in [-0.1, -0.05) is 6.07 Å². The lowest BCUT2D eigenvalue weighted by atomic mass is 10.2. The van der Waals surface area contributed by atoms with Crippen molar-refractivity contribution < 1.29 is 19.0 Å². The molecule has 0 spiro atoms. The zero-order valence-corrected chi connectivity index (χ0v) is 8.78. The zero-order valence-electron chi connectivity index (χ0n) is 8.78. The lowest BCUT2D eigenvalue weighted by Crippen LogP contribution is -2.27. The number of carbonyl (C=O) groups is 1. The molecule has 2 N–H and O–H groups in total. The van der Waals surface area contributed by atoms with E-state index in [1.807, 2.05) is 0 Å². The number of hydrogen-bond donors (Lipinski definition) is 2. The molecule has 0 aromatic heterocycles. The molecule has 0 saturated carbocycles. The smallest absolute Gasteiger partial charge is 0.251 e. The Labute approximate surface area is 93.0 Å². The van der Waals surface area contributed by atoms with Gasteiger partial charge in [-0.25, -0.2) is 4.39 Å². The Morgan fingerprint density at radius 2 is 2.25 bits per heavy atom. The van der Waals surface area contributed by atoms with Gasteiger partial charge < -0.3 is 15.2 Å². The molecule has 88 valence electrons. The summed E-state index contributed by atoms with van der Waals surface area (Å²) in [6.45, 7) is 0.852. The molecule has 0 aliphatic carbocycles. The van der Waals surface area contributed by atoms with Crippen LogP contribution in [0, 0.1) is 5.82 Å². The molecule has 0 radical (unpaired) electrons. The highest BCUT2D eigenvalue weighted by molar-refractivity contribution is 5.94. The number of nitrogens with one attached hydrogen (secondary N) is 1. The molecule has 5 heteroatoms. The van der Waals surface area contributed by atoms with Gasteiger partial charge in [-0.15, -0.1) is 0 Å². The van der Waals surface area contributed by atoms with Gasteiger partial charge >= 0.3 is 0 Å². The number of rotatable bonds is 6. The minimum atomic E-state index is -0.441. The van der Waals surface area contributed by atoms with Gasteiger partial charge in [-0.2, -0.15) is 0 Å². The molecule has 0 unspecified atom stereocenters. The number of benzene rings is 1. The molecular formula is C11H14FNO3. The summed E-state index contributed by atoms with van der Waals surface area (Å²) in [4.78, 5) is 11.4. The molecule has 0 atom stereocenters. The Morgan fingerprint density at radius 1 is 1.44 bits per heavy atom. The third-order valence-corrected chi connectivity index (χ3v) is 1.85. The van der Waals surface area contributed by atoms with Crippen molar-refractivity contribution in [2.45, 2.75) is 0 Å². The average Bonchev–Trinajstić information content (AvgIpc) is 2.28. The minimum absolute atomic E-state index is 0.0438. The van der Waals surface area contributed by atoms with Gasteiger partial charge in [-0.05, 0) is 18.2 Å². The van der Waals surface area contributed by atoms with Crippen molar-refractivity contribution in [3.63, 3.8) is 0 Å². The van der Waals surface area contributed by atoms with Crippen LogP contribution < -0.4 is 5.32 Å². The van der Waals surface area contributed by atoms with Gasteiger partial charge in [0, 0.05) is 12.1 Å². The summed E-state index contributed by atoms with van der Waals surface area (Å²) in [6, 6.07) is 5.46. The first-order valence-electron chi connectivity index (χ1n) is 4.96. The maximum Gasteiger partial charge on any atom is 0.251 e. The van der Waals surface area contributed by atoms with Crippen LogP contribution in [0.15, 0.2) is 24.3 Å². The minimum Gasteiger partial charge on any atom is -0.394 e. The number of ether oxygens (including phenoxy) is 1. The average molecular weight is 227 g/mol. The highest BCUT2D eigenvalue weighted by Gasteiger charge is 2.04. The molecule has 0 fully saturated rings. The van der Waals surface area contributed by atoms with Crippen LogP contribution in [0.2, 0.25) is 0 Å². The largest absolute Gasteiger partial charge is 0.394 e. The third kappa shape index (κ3) is 4.37. The molecule has 4 nitrogen and oxygen atoms in total. The second-order valence-corrected chi connectivity index (χ2v) is 3.10. The van der Waals surface area contributed by atoms with Gasteiger partial charge in [0.25, 0.3) is 5.91 Å². The molecule has 0 aliphatic rings. The van der Waals surface area contributed by atoms with Crippen LogP contribution >= 0.6 is 0 Å². The van der Waals surface area contributed by atoms with E-state index in [1.54, 1.807) is 0 Å². The van der Waals surface area contributed by atoms with E-state index in [9.17, 15) is 9.18 Å². The van der Waals surface area contributed by atoms with Crippen molar-refractivity contribution in [2.24, 2.45) is 0 Å². The molecule has 0 aliphatic heterocycles. The van der Waals surface area contributed by atoms with Crippen LogP contribution in [-0.4, -0.2) is 37.4 Å². The van der Waals surface area contributed by atoms with E-state index >= 15 is 0 Å². The summed E-state index contributed by atoms with van der Waals surface area (Å²) in [5, 5.41) is 11.0. The monoisotopic (exact) mass is 227 g/mol. The number of aliphatic hydroxyl groups excluding tert-OH is 1. The van der Waals surface area contributed by atoms with Crippen LogP contribution in [0.5, 0.6) is 0 Å². The van der Waals surface area contributed by atoms with Crippen molar-refractivity contribution in [1.82, 2.24) is 5.32 Å². The molecular weight excluding hydrogens is 213 g/mol. The predicted octanol–water partition coefficient (Wildman–Crippen LogP) is 0.564. The quantitative estimate of drug-likeness (QED) is 0.698. The van der Waals surface area contributed by atoms with Crippen LogP contribution in [-0.2, 0) is 4.74 Å². The number of carbonyl (C=O) groups excluding carboxylic acids is 1. The maximum absolute atomic E-state index is 12.8. The number of aliphatic hydroxyl groups is 1. The molecule has 1 rings (SSSR count). The van der Waals surface area contributed by atoms with E-state index < -0.39 is 5.82 Å².